The van der Waals surface area contributed by atoms with Crippen molar-refractivity contribution < 1.29 is 49.4 Å². The van der Waals surface area contributed by atoms with E-state index in [0.717, 1.165) is 0 Å². The molecule has 0 radical (unpaired) electrons. The summed E-state index contributed by atoms with van der Waals surface area (Å²) in [5.41, 5.74) is 0.179. The van der Waals surface area contributed by atoms with E-state index in [0.29, 0.717) is 5.02 Å². The Labute approximate surface area is 119 Å². The van der Waals surface area contributed by atoms with Crippen LogP contribution in [0, 0.1) is 0 Å². The van der Waals surface area contributed by atoms with Gasteiger partial charge in [0.2, 0.25) is 0 Å². The number of hydrogen-bond acceptors (Lipinski definition) is 3. The van der Waals surface area contributed by atoms with Crippen molar-refractivity contribution in [3.05, 3.63) is 28.8 Å². The fourth-order valence-electron chi connectivity index (χ4n) is 1.02. The molecule has 7 heteroatoms. The van der Waals surface area contributed by atoms with Gasteiger partial charge in [-0.15, -0.1) is 0 Å². The van der Waals surface area contributed by atoms with Crippen LogP contribution >= 0.6 is 11.6 Å². The van der Waals surface area contributed by atoms with Crippen LogP contribution in [0.25, 0.3) is 0 Å². The van der Waals surface area contributed by atoms with Crippen LogP contribution in [0.3, 0.4) is 0 Å². The Morgan fingerprint density at radius 3 is 2.44 bits per heavy atom. The molecule has 0 amide bonds. The molecule has 0 heterocycles. The second kappa shape index (κ2) is 6.75. The van der Waals surface area contributed by atoms with Gasteiger partial charge in [0.25, 0.3) is 0 Å². The molecule has 0 fully saturated rings. The van der Waals surface area contributed by atoms with E-state index in [2.05, 4.69) is 5.32 Å². The normalized spacial score (nSPS) is 9.06. The summed E-state index contributed by atoms with van der Waals surface area (Å²) in [5.74, 6) is -2.22. The van der Waals surface area contributed by atoms with E-state index in [1.807, 2.05) is 0 Å². The van der Waals surface area contributed by atoms with Gasteiger partial charge in [0.05, 0.1) is 11.3 Å². The summed E-state index contributed by atoms with van der Waals surface area (Å²) in [6.07, 6.45) is 0. The largest absolute Gasteiger partial charge is 1.00 e. The average molecular weight is 253 g/mol. The standard InChI is InChI=1S/C9H8ClNO4.Na/c10-5-1-2-6(9(14)15)7(3-5)11-4-8(12)13;/h1-3,11H,4H2,(H,12,13)(H,14,15);/q;+1. The number of halogens is 1. The van der Waals surface area contributed by atoms with E-state index in [4.69, 9.17) is 21.8 Å². The van der Waals surface area contributed by atoms with E-state index < -0.39 is 11.9 Å². The Morgan fingerprint density at radius 2 is 1.94 bits per heavy atom. The molecule has 1 aromatic rings. The third-order valence-corrected chi connectivity index (χ3v) is 1.88. The molecule has 0 saturated heterocycles. The smallest absolute Gasteiger partial charge is 0.480 e. The number of rotatable bonds is 4. The van der Waals surface area contributed by atoms with Gasteiger partial charge < -0.3 is 15.5 Å². The topological polar surface area (TPSA) is 86.6 Å². The molecule has 80 valence electrons. The van der Waals surface area contributed by atoms with Crippen LogP contribution in [0.4, 0.5) is 5.69 Å². The number of benzene rings is 1. The number of aliphatic carboxylic acids is 1. The fraction of sp³-hybridized carbons (Fsp3) is 0.111. The Hall–Kier alpha value is -0.750. The van der Waals surface area contributed by atoms with Crippen molar-refractivity contribution in [1.82, 2.24) is 0 Å². The number of anilines is 1. The zero-order valence-corrected chi connectivity index (χ0v) is 11.3. The zero-order chi connectivity index (χ0) is 11.4. The first-order chi connectivity index (χ1) is 7.00. The molecule has 0 spiro atoms. The van der Waals surface area contributed by atoms with Crippen LogP contribution in [0.15, 0.2) is 18.2 Å². The summed E-state index contributed by atoms with van der Waals surface area (Å²) in [6, 6.07) is 4.11. The minimum Gasteiger partial charge on any atom is -0.480 e. The van der Waals surface area contributed by atoms with Crippen LogP contribution in [0.2, 0.25) is 5.02 Å². The SMILES string of the molecule is O=C(O)CNc1cc(Cl)ccc1C(=O)O.[Na+]. The third-order valence-electron chi connectivity index (χ3n) is 1.64. The second-order valence-electron chi connectivity index (χ2n) is 2.74. The maximum atomic E-state index is 10.7. The molecule has 1 rings (SSSR count). The van der Waals surface area contributed by atoms with Crippen LogP contribution in [0.1, 0.15) is 10.4 Å². The van der Waals surface area contributed by atoms with Crippen molar-refractivity contribution in [3.8, 4) is 0 Å². The monoisotopic (exact) mass is 252 g/mol. The average Bonchev–Trinajstić information content (AvgIpc) is 2.14. The number of aromatic carboxylic acids is 1. The van der Waals surface area contributed by atoms with Crippen LogP contribution in [-0.4, -0.2) is 28.7 Å². The number of carbonyl (C=O) groups is 2. The predicted molar refractivity (Wildman–Crippen MR) is 54.5 cm³/mol. The molecular formula is C9H8ClNNaO4+. The van der Waals surface area contributed by atoms with Gasteiger partial charge in [0.15, 0.2) is 0 Å². The van der Waals surface area contributed by atoms with Gasteiger partial charge in [-0.3, -0.25) is 4.79 Å². The summed E-state index contributed by atoms with van der Waals surface area (Å²) in [4.78, 5) is 21.0. The van der Waals surface area contributed by atoms with Gasteiger partial charge in [0.1, 0.15) is 6.54 Å². The molecule has 0 bridgehead atoms. The van der Waals surface area contributed by atoms with Crippen molar-refractivity contribution >= 4 is 29.2 Å². The number of hydrogen-bond donors (Lipinski definition) is 3. The Balaban J connectivity index is 0.00000225. The molecule has 0 atom stereocenters. The first kappa shape index (κ1) is 15.2. The first-order valence-electron chi connectivity index (χ1n) is 3.99. The molecule has 0 saturated carbocycles. The summed E-state index contributed by atoms with van der Waals surface area (Å²) in [6.45, 7) is -0.360. The Bertz CT molecular complexity index is 410. The molecule has 1 aromatic carbocycles. The van der Waals surface area contributed by atoms with Gasteiger partial charge in [0, 0.05) is 5.02 Å². The summed E-state index contributed by atoms with van der Waals surface area (Å²) < 4.78 is 0. The Kier molecular flexibility index (Phi) is 6.43. The number of nitrogens with one attached hydrogen (secondary N) is 1. The van der Waals surface area contributed by atoms with Crippen molar-refractivity contribution in [2.45, 2.75) is 0 Å². The van der Waals surface area contributed by atoms with Gasteiger partial charge in [-0.05, 0) is 18.2 Å². The molecule has 3 N–H and O–H groups in total. The van der Waals surface area contributed by atoms with E-state index >= 15 is 0 Å². The maximum absolute atomic E-state index is 10.7. The van der Waals surface area contributed by atoms with Gasteiger partial charge in [-0.1, -0.05) is 11.6 Å². The first-order valence-corrected chi connectivity index (χ1v) is 4.37. The molecule has 0 aliphatic heterocycles. The second-order valence-corrected chi connectivity index (χ2v) is 3.18. The number of carboxylic acid groups (broad SMARTS) is 2. The van der Waals surface area contributed by atoms with Gasteiger partial charge in [-0.2, -0.15) is 0 Å². The maximum Gasteiger partial charge on any atom is 1.00 e. The van der Waals surface area contributed by atoms with E-state index in [-0.39, 0.29) is 47.4 Å². The number of carboxylic acids is 2. The molecule has 16 heavy (non-hydrogen) atoms. The summed E-state index contributed by atoms with van der Waals surface area (Å²) in [7, 11) is 0. The van der Waals surface area contributed by atoms with Crippen molar-refractivity contribution in [1.29, 1.82) is 0 Å². The van der Waals surface area contributed by atoms with Gasteiger partial charge >= 0.3 is 41.5 Å². The zero-order valence-electron chi connectivity index (χ0n) is 8.53. The van der Waals surface area contributed by atoms with E-state index in [9.17, 15) is 9.59 Å². The molecule has 0 aliphatic carbocycles. The minimum atomic E-state index is -1.14. The van der Waals surface area contributed by atoms with Gasteiger partial charge in [-0.25, -0.2) is 4.79 Å². The van der Waals surface area contributed by atoms with Crippen molar-refractivity contribution in [3.63, 3.8) is 0 Å². The molecular weight excluding hydrogens is 245 g/mol. The molecule has 0 unspecified atom stereocenters. The van der Waals surface area contributed by atoms with E-state index in [1.54, 1.807) is 0 Å². The van der Waals surface area contributed by atoms with Crippen LogP contribution in [0.5, 0.6) is 0 Å². The van der Waals surface area contributed by atoms with Crippen molar-refractivity contribution in [2.75, 3.05) is 11.9 Å². The van der Waals surface area contributed by atoms with E-state index in [1.165, 1.54) is 18.2 Å². The van der Waals surface area contributed by atoms with Crippen LogP contribution < -0.4 is 34.9 Å². The van der Waals surface area contributed by atoms with Crippen molar-refractivity contribution in [2.24, 2.45) is 0 Å². The fourth-order valence-corrected chi connectivity index (χ4v) is 1.19. The predicted octanol–water partition coefficient (Wildman–Crippen LogP) is -1.46. The van der Waals surface area contributed by atoms with Crippen LogP contribution in [-0.2, 0) is 4.79 Å². The summed E-state index contributed by atoms with van der Waals surface area (Å²) >= 11 is 5.66. The molecule has 5 nitrogen and oxygen atoms in total. The third kappa shape index (κ3) is 4.40. The minimum absolute atomic E-state index is 0. The summed E-state index contributed by atoms with van der Waals surface area (Å²) in [5, 5.41) is 20.0. The Morgan fingerprint density at radius 1 is 1.31 bits per heavy atom. The molecule has 0 aromatic heterocycles. The molecule has 0 aliphatic rings. The quantitative estimate of drug-likeness (QED) is 0.570.